The molecule has 0 spiro atoms. The number of ether oxygens (including phenoxy) is 3. The number of para-hydroxylation sites is 2. The van der Waals surface area contributed by atoms with Crippen molar-refractivity contribution in [3.05, 3.63) is 47.8 Å². The molecule has 2 aliphatic rings. The fourth-order valence-corrected chi connectivity index (χ4v) is 6.05. The second-order valence-corrected chi connectivity index (χ2v) is 11.5. The summed E-state index contributed by atoms with van der Waals surface area (Å²) in [4.78, 5) is 33.6. The van der Waals surface area contributed by atoms with Crippen molar-refractivity contribution in [3.63, 3.8) is 0 Å². The van der Waals surface area contributed by atoms with Crippen molar-refractivity contribution in [1.82, 2.24) is 14.8 Å². The molecule has 5 rings (SSSR count). The first kappa shape index (κ1) is 30.9. The van der Waals surface area contributed by atoms with Crippen molar-refractivity contribution in [2.75, 3.05) is 52.8 Å². The minimum atomic E-state index is -0.588. The summed E-state index contributed by atoms with van der Waals surface area (Å²) in [6, 6.07) is 10.7. The van der Waals surface area contributed by atoms with Crippen LogP contribution in [-0.4, -0.2) is 86.3 Å². The topological polar surface area (TPSA) is 106 Å². The lowest BCUT2D eigenvalue weighted by Crippen LogP contribution is -2.47. The molecule has 43 heavy (non-hydrogen) atoms. The van der Waals surface area contributed by atoms with Gasteiger partial charge >= 0.3 is 5.97 Å². The lowest BCUT2D eigenvalue weighted by molar-refractivity contribution is -0.150. The van der Waals surface area contributed by atoms with Crippen LogP contribution in [0.4, 0.5) is 16.1 Å². The molecule has 0 bridgehead atoms. The average Bonchev–Trinajstić information content (AvgIpc) is 3.69. The number of likely N-dealkylation sites (N-methyl/N-ethyl adjacent to an activating group) is 1. The predicted molar refractivity (Wildman–Crippen MR) is 160 cm³/mol. The molecule has 3 aromatic rings. The SMILES string of the molecule is COC(=O)C1CCC(OC(CN(C)CC(=O)Cc2ccc3nc(Nc4ccccc4OC)oc3c2F)N2CCCC2)CC1. The number of methoxy groups -OCH3 is 2. The lowest BCUT2D eigenvalue weighted by atomic mass is 9.87. The molecule has 2 heterocycles. The number of hydrogen-bond acceptors (Lipinski definition) is 10. The van der Waals surface area contributed by atoms with E-state index in [0.717, 1.165) is 51.6 Å². The zero-order chi connectivity index (χ0) is 30.3. The Kier molecular flexibility index (Phi) is 10.3. The molecule has 232 valence electrons. The summed E-state index contributed by atoms with van der Waals surface area (Å²) < 4.78 is 37.9. The number of ketones is 1. The standard InChI is InChI=1S/C32H41FN4O6/c1-36(20-28(37-16-6-7-17-37)42-24-13-10-21(11-14-24)31(39)41-3)19-23(38)18-22-12-15-26-30(29(22)33)43-32(35-26)34-25-8-4-5-9-27(25)40-2/h4-5,8-9,12,15,21,24,28H,6-7,10-11,13-14,16-20H2,1-3H3,(H,34,35). The molecule has 10 nitrogen and oxygen atoms in total. The van der Waals surface area contributed by atoms with Crippen LogP contribution in [0.2, 0.25) is 0 Å². The fraction of sp³-hybridized carbons (Fsp3) is 0.531. The summed E-state index contributed by atoms with van der Waals surface area (Å²) in [5, 5.41) is 3.03. The molecule has 1 saturated carbocycles. The lowest BCUT2D eigenvalue weighted by Gasteiger charge is -2.36. The highest BCUT2D eigenvalue weighted by atomic mass is 19.1. The maximum Gasteiger partial charge on any atom is 0.308 e. The van der Waals surface area contributed by atoms with Crippen molar-refractivity contribution in [2.24, 2.45) is 5.92 Å². The number of nitrogens with one attached hydrogen (secondary N) is 1. The third kappa shape index (κ3) is 7.70. The Hall–Kier alpha value is -3.54. The number of carbonyl (C=O) groups excluding carboxylic acids is 2. The molecule has 1 aliphatic heterocycles. The normalized spacial score (nSPS) is 19.9. The van der Waals surface area contributed by atoms with Crippen molar-refractivity contribution in [1.29, 1.82) is 0 Å². The predicted octanol–water partition coefficient (Wildman–Crippen LogP) is 4.93. The summed E-state index contributed by atoms with van der Waals surface area (Å²) in [6.07, 6.45) is 5.26. The largest absolute Gasteiger partial charge is 0.495 e. The van der Waals surface area contributed by atoms with Crippen LogP contribution in [-0.2, 0) is 25.5 Å². The number of carbonyl (C=O) groups is 2. The zero-order valence-electron chi connectivity index (χ0n) is 25.1. The second kappa shape index (κ2) is 14.3. The third-order valence-electron chi connectivity index (χ3n) is 8.33. The van der Waals surface area contributed by atoms with E-state index in [1.165, 1.54) is 7.11 Å². The second-order valence-electron chi connectivity index (χ2n) is 11.5. The number of esters is 1. The highest BCUT2D eigenvalue weighted by molar-refractivity contribution is 5.85. The van der Waals surface area contributed by atoms with Crippen LogP contribution in [0, 0.1) is 11.7 Å². The molecule has 0 radical (unpaired) electrons. The maximum atomic E-state index is 15.4. The van der Waals surface area contributed by atoms with Gasteiger partial charge in [-0.05, 0) is 69.3 Å². The molecule has 1 aliphatic carbocycles. The van der Waals surface area contributed by atoms with Crippen LogP contribution in [0.3, 0.4) is 0 Å². The Bertz CT molecular complexity index is 1400. The van der Waals surface area contributed by atoms with Gasteiger partial charge in [-0.2, -0.15) is 4.98 Å². The number of Topliss-reactive ketones (excluding diaryl/α,β-unsaturated/α-hetero) is 1. The molecule has 1 aromatic heterocycles. The Balaban J connectivity index is 1.18. The van der Waals surface area contributed by atoms with Gasteiger partial charge < -0.3 is 23.9 Å². The minimum absolute atomic E-state index is 0.000435. The van der Waals surface area contributed by atoms with Crippen molar-refractivity contribution in [2.45, 2.75) is 57.3 Å². The maximum absolute atomic E-state index is 15.4. The van der Waals surface area contributed by atoms with Crippen LogP contribution in [0.15, 0.2) is 40.8 Å². The Labute approximate surface area is 251 Å². The van der Waals surface area contributed by atoms with Crippen LogP contribution >= 0.6 is 0 Å². The average molecular weight is 597 g/mol. The molecular weight excluding hydrogens is 555 g/mol. The molecule has 2 aromatic carbocycles. The van der Waals surface area contributed by atoms with Gasteiger partial charge in [-0.15, -0.1) is 0 Å². The quantitative estimate of drug-likeness (QED) is 0.273. The highest BCUT2D eigenvalue weighted by Gasteiger charge is 2.32. The van der Waals surface area contributed by atoms with E-state index < -0.39 is 5.82 Å². The van der Waals surface area contributed by atoms with Gasteiger partial charge in [-0.3, -0.25) is 19.4 Å². The van der Waals surface area contributed by atoms with Crippen LogP contribution in [0.1, 0.15) is 44.1 Å². The number of oxazole rings is 1. The van der Waals surface area contributed by atoms with Gasteiger partial charge in [-0.25, -0.2) is 4.39 Å². The number of anilines is 2. The third-order valence-corrected chi connectivity index (χ3v) is 8.33. The van der Waals surface area contributed by atoms with Gasteiger partial charge in [0.15, 0.2) is 17.2 Å². The van der Waals surface area contributed by atoms with E-state index in [1.54, 1.807) is 31.4 Å². The van der Waals surface area contributed by atoms with E-state index in [9.17, 15) is 9.59 Å². The molecular formula is C32H41FN4O6. The Morgan fingerprint density at radius 3 is 2.58 bits per heavy atom. The number of aromatic nitrogens is 1. The van der Waals surface area contributed by atoms with Crippen molar-refractivity contribution >= 4 is 34.6 Å². The molecule has 1 unspecified atom stereocenters. The zero-order valence-corrected chi connectivity index (χ0v) is 25.1. The number of rotatable bonds is 13. The van der Waals surface area contributed by atoms with Crippen LogP contribution < -0.4 is 10.1 Å². The summed E-state index contributed by atoms with van der Waals surface area (Å²) >= 11 is 0. The van der Waals surface area contributed by atoms with E-state index in [2.05, 4.69) is 15.2 Å². The van der Waals surface area contributed by atoms with Gasteiger partial charge in [-0.1, -0.05) is 18.2 Å². The Morgan fingerprint density at radius 2 is 1.86 bits per heavy atom. The van der Waals surface area contributed by atoms with Crippen LogP contribution in [0.5, 0.6) is 5.75 Å². The fourth-order valence-electron chi connectivity index (χ4n) is 6.05. The molecule has 1 atom stereocenters. The number of nitrogens with zero attached hydrogens (tertiary/aromatic N) is 3. The van der Waals surface area contributed by atoms with E-state index in [4.69, 9.17) is 18.6 Å². The molecule has 11 heteroatoms. The minimum Gasteiger partial charge on any atom is -0.495 e. The van der Waals surface area contributed by atoms with Gasteiger partial charge in [0.05, 0.1) is 38.5 Å². The number of fused-ring (bicyclic) bond motifs is 1. The van der Waals surface area contributed by atoms with E-state index in [0.29, 0.717) is 23.5 Å². The summed E-state index contributed by atoms with van der Waals surface area (Å²) in [5.41, 5.74) is 1.26. The first-order valence-corrected chi connectivity index (χ1v) is 15.0. The number of likely N-dealkylation sites (tertiary alicyclic amines) is 1. The number of hydrogen-bond donors (Lipinski definition) is 1. The van der Waals surface area contributed by atoms with Crippen LogP contribution in [0.25, 0.3) is 11.1 Å². The summed E-state index contributed by atoms with van der Waals surface area (Å²) in [7, 11) is 4.89. The van der Waals surface area contributed by atoms with E-state index >= 15 is 4.39 Å². The summed E-state index contributed by atoms with van der Waals surface area (Å²) in [5.74, 6) is -0.288. The summed E-state index contributed by atoms with van der Waals surface area (Å²) in [6.45, 7) is 2.64. The Morgan fingerprint density at radius 1 is 1.12 bits per heavy atom. The molecule has 1 saturated heterocycles. The first-order chi connectivity index (χ1) is 20.8. The van der Waals surface area contributed by atoms with Gasteiger partial charge in [0, 0.05) is 26.1 Å². The molecule has 0 amide bonds. The molecule has 2 fully saturated rings. The van der Waals surface area contributed by atoms with Crippen molar-refractivity contribution in [3.8, 4) is 5.75 Å². The van der Waals surface area contributed by atoms with Gasteiger partial charge in [0.1, 0.15) is 17.5 Å². The molecule has 1 N–H and O–H groups in total. The number of halogens is 1. The van der Waals surface area contributed by atoms with E-state index in [-0.39, 0.29) is 60.1 Å². The highest BCUT2D eigenvalue weighted by Crippen LogP contribution is 2.31. The van der Waals surface area contributed by atoms with Gasteiger partial charge in [0.25, 0.3) is 6.01 Å². The first-order valence-electron chi connectivity index (χ1n) is 15.0. The van der Waals surface area contributed by atoms with Crippen molar-refractivity contribution < 1.29 is 32.6 Å². The van der Waals surface area contributed by atoms with Gasteiger partial charge in [0.2, 0.25) is 0 Å². The smallest absolute Gasteiger partial charge is 0.308 e. The monoisotopic (exact) mass is 596 g/mol. The number of benzene rings is 2. The van der Waals surface area contributed by atoms with E-state index in [1.807, 2.05) is 24.1 Å².